The molecule has 0 aromatic carbocycles. The molecule has 13 heavy (non-hydrogen) atoms. The van der Waals surface area contributed by atoms with E-state index in [9.17, 15) is 10.2 Å². The zero-order valence-electron chi connectivity index (χ0n) is 6.73. The number of nitrogens with two attached hydrogens (primary N) is 4. The monoisotopic (exact) mass is 188 g/mol. The van der Waals surface area contributed by atoms with E-state index in [1.807, 2.05) is 0 Å². The second kappa shape index (κ2) is 2.36. The summed E-state index contributed by atoms with van der Waals surface area (Å²) in [6.07, 6.45) is 0.927. The van der Waals surface area contributed by atoms with Crippen LogP contribution in [0, 0.1) is 0 Å². The second-order valence-electron chi connectivity index (χ2n) is 2.93. The number of aliphatic hydroxyl groups excluding tert-OH is 1. The van der Waals surface area contributed by atoms with E-state index in [0.717, 1.165) is 6.08 Å². The summed E-state index contributed by atoms with van der Waals surface area (Å²) >= 11 is 0. The Hall–Kier alpha value is -1.28. The minimum absolute atomic E-state index is 0.141. The first kappa shape index (κ1) is 9.81. The van der Waals surface area contributed by atoms with E-state index in [0.29, 0.717) is 0 Å². The molecule has 0 aromatic heterocycles. The van der Waals surface area contributed by atoms with Crippen molar-refractivity contribution in [2.45, 2.75) is 11.4 Å². The van der Waals surface area contributed by atoms with Crippen molar-refractivity contribution in [3.8, 4) is 0 Å². The summed E-state index contributed by atoms with van der Waals surface area (Å²) in [7, 11) is 0. The third-order valence-electron chi connectivity index (χ3n) is 1.99. The summed E-state index contributed by atoms with van der Waals surface area (Å²) in [6.45, 7) is 0. The SMILES string of the molecule is NC1=C(N)C(N)(O)C(N)(O)C(O)=C1. The smallest absolute Gasteiger partial charge is 0.221 e. The van der Waals surface area contributed by atoms with Gasteiger partial charge in [0.15, 0.2) is 0 Å². The van der Waals surface area contributed by atoms with Gasteiger partial charge < -0.3 is 26.8 Å². The number of allylic oxidation sites excluding steroid dienone is 1. The molecule has 0 radical (unpaired) electrons. The quantitative estimate of drug-likeness (QED) is 0.197. The Balaban J connectivity index is 3.34. The van der Waals surface area contributed by atoms with Crippen LogP contribution in [0.1, 0.15) is 0 Å². The fourth-order valence-corrected chi connectivity index (χ4v) is 0.956. The van der Waals surface area contributed by atoms with Gasteiger partial charge in [-0.2, -0.15) is 0 Å². The standard InChI is InChI=1S/C6H12N4O3/c7-2-1-3(11)5(9,12)6(10,13)4(2)8/h1,11-13H,7-10H2. The topological polar surface area (TPSA) is 165 Å². The van der Waals surface area contributed by atoms with E-state index in [1.165, 1.54) is 0 Å². The molecule has 0 spiro atoms. The van der Waals surface area contributed by atoms with E-state index in [1.54, 1.807) is 0 Å². The second-order valence-corrected chi connectivity index (χ2v) is 2.93. The fraction of sp³-hybridized carbons (Fsp3) is 0.333. The largest absolute Gasteiger partial charge is 0.507 e. The molecular weight excluding hydrogens is 176 g/mol. The van der Waals surface area contributed by atoms with Gasteiger partial charge in [0, 0.05) is 6.08 Å². The summed E-state index contributed by atoms with van der Waals surface area (Å²) in [4.78, 5) is 0. The summed E-state index contributed by atoms with van der Waals surface area (Å²) in [6, 6.07) is 0. The van der Waals surface area contributed by atoms with Crippen molar-refractivity contribution >= 4 is 0 Å². The van der Waals surface area contributed by atoms with Gasteiger partial charge in [-0.05, 0) is 0 Å². The number of hydrogen-bond acceptors (Lipinski definition) is 7. The Bertz CT molecular complexity index is 305. The van der Waals surface area contributed by atoms with Gasteiger partial charge in [-0.25, -0.2) is 0 Å². The average Bonchev–Trinajstić information content (AvgIpc) is 2.00. The van der Waals surface area contributed by atoms with Gasteiger partial charge in [0.1, 0.15) is 5.76 Å². The molecular formula is C6H12N4O3. The summed E-state index contributed by atoms with van der Waals surface area (Å²) in [5.74, 6) is -0.746. The fourth-order valence-electron chi connectivity index (χ4n) is 0.956. The number of aliphatic hydroxyl groups is 3. The molecule has 7 nitrogen and oxygen atoms in total. The lowest BCUT2D eigenvalue weighted by Gasteiger charge is -2.39. The van der Waals surface area contributed by atoms with Gasteiger partial charge in [0.05, 0.1) is 11.4 Å². The maximum absolute atomic E-state index is 9.45. The van der Waals surface area contributed by atoms with Crippen molar-refractivity contribution in [3.05, 3.63) is 23.2 Å². The van der Waals surface area contributed by atoms with Crippen molar-refractivity contribution < 1.29 is 15.3 Å². The molecule has 7 heteroatoms. The van der Waals surface area contributed by atoms with Crippen LogP contribution in [0.2, 0.25) is 0 Å². The molecule has 0 fully saturated rings. The molecule has 74 valence electrons. The summed E-state index contributed by atoms with van der Waals surface area (Å²) < 4.78 is 0. The molecule has 1 aliphatic carbocycles. The maximum Gasteiger partial charge on any atom is 0.221 e. The predicted octanol–water partition coefficient (Wildman–Crippen LogP) is -3.13. The molecule has 11 N–H and O–H groups in total. The zero-order chi connectivity index (χ0) is 10.4. The van der Waals surface area contributed by atoms with Crippen molar-refractivity contribution in [1.82, 2.24) is 0 Å². The molecule has 0 heterocycles. The van der Waals surface area contributed by atoms with Crippen LogP contribution in [0.25, 0.3) is 0 Å². The van der Waals surface area contributed by atoms with Gasteiger partial charge in [-0.15, -0.1) is 0 Å². The highest BCUT2D eigenvalue weighted by atomic mass is 16.4. The van der Waals surface area contributed by atoms with Crippen molar-refractivity contribution in [3.63, 3.8) is 0 Å². The lowest BCUT2D eigenvalue weighted by Crippen LogP contribution is -2.70. The van der Waals surface area contributed by atoms with Crippen LogP contribution in [0.3, 0.4) is 0 Å². The third kappa shape index (κ3) is 1.06. The van der Waals surface area contributed by atoms with Crippen molar-refractivity contribution in [2.24, 2.45) is 22.9 Å². The van der Waals surface area contributed by atoms with Crippen LogP contribution in [-0.2, 0) is 0 Å². The minimum atomic E-state index is -2.53. The van der Waals surface area contributed by atoms with E-state index < -0.39 is 22.9 Å². The molecule has 0 saturated carbocycles. The Morgan fingerprint density at radius 3 is 2.00 bits per heavy atom. The molecule has 0 aromatic rings. The predicted molar refractivity (Wildman–Crippen MR) is 44.4 cm³/mol. The highest BCUT2D eigenvalue weighted by Crippen LogP contribution is 2.29. The lowest BCUT2D eigenvalue weighted by atomic mass is 9.89. The van der Waals surface area contributed by atoms with Gasteiger partial charge in [-0.3, -0.25) is 11.5 Å². The van der Waals surface area contributed by atoms with Crippen molar-refractivity contribution in [2.75, 3.05) is 0 Å². The molecule has 1 aliphatic rings. The Morgan fingerprint density at radius 2 is 1.54 bits per heavy atom. The summed E-state index contributed by atoms with van der Waals surface area (Å²) in [5.41, 5.74) is 15.4. The first-order valence-corrected chi connectivity index (χ1v) is 3.40. The zero-order valence-corrected chi connectivity index (χ0v) is 6.73. The Labute approximate surface area is 73.9 Å². The minimum Gasteiger partial charge on any atom is -0.507 e. The summed E-state index contributed by atoms with van der Waals surface area (Å²) in [5, 5.41) is 28.0. The van der Waals surface area contributed by atoms with Crippen LogP contribution in [-0.4, -0.2) is 26.8 Å². The van der Waals surface area contributed by atoms with E-state index in [2.05, 4.69) is 0 Å². The van der Waals surface area contributed by atoms with Crippen LogP contribution in [0.15, 0.2) is 23.2 Å². The molecule has 0 saturated heterocycles. The van der Waals surface area contributed by atoms with Crippen LogP contribution in [0.5, 0.6) is 0 Å². The molecule has 2 unspecified atom stereocenters. The van der Waals surface area contributed by atoms with Gasteiger partial charge >= 0.3 is 0 Å². The highest BCUT2D eigenvalue weighted by Gasteiger charge is 2.52. The van der Waals surface area contributed by atoms with Gasteiger partial charge in [0.25, 0.3) is 0 Å². The molecule has 1 rings (SSSR count). The van der Waals surface area contributed by atoms with Gasteiger partial charge in [-0.1, -0.05) is 0 Å². The molecule has 0 aliphatic heterocycles. The molecule has 0 amide bonds. The molecule has 0 bridgehead atoms. The van der Waals surface area contributed by atoms with Gasteiger partial charge in [0.2, 0.25) is 11.4 Å². The van der Waals surface area contributed by atoms with E-state index in [4.69, 9.17) is 28.0 Å². The normalized spacial score (nSPS) is 40.5. The third-order valence-corrected chi connectivity index (χ3v) is 1.99. The Morgan fingerprint density at radius 1 is 1.08 bits per heavy atom. The number of hydrogen-bond donors (Lipinski definition) is 7. The van der Waals surface area contributed by atoms with Crippen LogP contribution >= 0.6 is 0 Å². The van der Waals surface area contributed by atoms with E-state index >= 15 is 0 Å². The van der Waals surface area contributed by atoms with Crippen LogP contribution < -0.4 is 22.9 Å². The highest BCUT2D eigenvalue weighted by molar-refractivity contribution is 5.40. The van der Waals surface area contributed by atoms with Crippen molar-refractivity contribution in [1.29, 1.82) is 0 Å². The lowest BCUT2D eigenvalue weighted by molar-refractivity contribution is -0.122. The number of rotatable bonds is 0. The first-order chi connectivity index (χ1) is 5.71. The maximum atomic E-state index is 9.45. The molecule has 2 atom stereocenters. The average molecular weight is 188 g/mol. The van der Waals surface area contributed by atoms with E-state index in [-0.39, 0.29) is 5.70 Å². The van der Waals surface area contributed by atoms with Crippen LogP contribution in [0.4, 0.5) is 0 Å². The Kier molecular flexibility index (Phi) is 1.78. The first-order valence-electron chi connectivity index (χ1n) is 3.40.